The average Bonchev–Trinajstić information content (AvgIpc) is 3.73. The Bertz CT molecular complexity index is 2810. The normalized spacial score (nSPS) is 11.7. The van der Waals surface area contributed by atoms with Crippen molar-refractivity contribution < 1.29 is 8.83 Å². The molecule has 0 fully saturated rings. The lowest BCUT2D eigenvalue weighted by atomic mass is 9.95. The van der Waals surface area contributed by atoms with Gasteiger partial charge in [-0.05, 0) is 69.9 Å². The molecular formula is C46H29NO2. The zero-order chi connectivity index (χ0) is 32.3. The fourth-order valence-corrected chi connectivity index (χ4v) is 7.36. The fourth-order valence-electron chi connectivity index (χ4n) is 7.36. The van der Waals surface area contributed by atoms with Crippen LogP contribution in [0.25, 0.3) is 76.9 Å². The van der Waals surface area contributed by atoms with Crippen molar-refractivity contribution in [2.75, 3.05) is 4.90 Å². The van der Waals surface area contributed by atoms with Gasteiger partial charge in [-0.2, -0.15) is 0 Å². The predicted molar refractivity (Wildman–Crippen MR) is 204 cm³/mol. The van der Waals surface area contributed by atoms with Crippen LogP contribution in [-0.2, 0) is 0 Å². The maximum Gasteiger partial charge on any atom is 0.159 e. The molecule has 10 rings (SSSR count). The molecule has 0 N–H and O–H groups in total. The summed E-state index contributed by atoms with van der Waals surface area (Å²) in [6, 6.07) is 61.8. The Labute approximate surface area is 282 Å². The fraction of sp³-hybridized carbons (Fsp3) is 0. The Kier molecular flexibility index (Phi) is 6.18. The number of benzene rings is 8. The molecular weight excluding hydrogens is 599 g/mol. The van der Waals surface area contributed by atoms with Crippen molar-refractivity contribution in [1.82, 2.24) is 0 Å². The minimum atomic E-state index is 0.836. The minimum absolute atomic E-state index is 0.836. The topological polar surface area (TPSA) is 29.5 Å². The van der Waals surface area contributed by atoms with Crippen molar-refractivity contribution in [3.63, 3.8) is 0 Å². The monoisotopic (exact) mass is 627 g/mol. The Balaban J connectivity index is 1.21. The quantitative estimate of drug-likeness (QED) is 0.190. The van der Waals surface area contributed by atoms with Gasteiger partial charge < -0.3 is 13.7 Å². The third-order valence-electron chi connectivity index (χ3n) is 9.65. The van der Waals surface area contributed by atoms with E-state index in [9.17, 15) is 0 Å². The van der Waals surface area contributed by atoms with Crippen LogP contribution in [0.1, 0.15) is 0 Å². The van der Waals surface area contributed by atoms with Crippen LogP contribution in [0.4, 0.5) is 17.1 Å². The van der Waals surface area contributed by atoms with Gasteiger partial charge in [-0.15, -0.1) is 0 Å². The summed E-state index contributed by atoms with van der Waals surface area (Å²) in [5, 5.41) is 6.75. The number of furan rings is 2. The number of rotatable bonds is 5. The molecule has 230 valence electrons. The molecule has 0 amide bonds. The molecule has 0 radical (unpaired) electrons. The van der Waals surface area contributed by atoms with E-state index < -0.39 is 0 Å². The van der Waals surface area contributed by atoms with E-state index >= 15 is 0 Å². The first kappa shape index (κ1) is 27.5. The van der Waals surface area contributed by atoms with Gasteiger partial charge in [0.05, 0.1) is 11.4 Å². The van der Waals surface area contributed by atoms with Crippen molar-refractivity contribution in [3.8, 4) is 22.3 Å². The van der Waals surface area contributed by atoms with Gasteiger partial charge in [0.15, 0.2) is 5.58 Å². The second-order valence-electron chi connectivity index (χ2n) is 12.5. The van der Waals surface area contributed by atoms with Crippen LogP contribution in [0.15, 0.2) is 185 Å². The molecule has 0 saturated carbocycles. The van der Waals surface area contributed by atoms with Gasteiger partial charge >= 0.3 is 0 Å². The van der Waals surface area contributed by atoms with Gasteiger partial charge in [0.1, 0.15) is 16.7 Å². The SMILES string of the molecule is c1ccc(-c2ccc(N(c3ccc4c(c3)oc3c(-c5ccccc5)c5ccccc5cc34)c3cccc4c3oc3ccccc34)cc2)cc1. The smallest absolute Gasteiger partial charge is 0.159 e. The zero-order valence-electron chi connectivity index (χ0n) is 26.5. The molecule has 2 heterocycles. The number of para-hydroxylation sites is 2. The van der Waals surface area contributed by atoms with Crippen LogP contribution in [0.3, 0.4) is 0 Å². The van der Waals surface area contributed by atoms with E-state index in [1.165, 1.54) is 21.9 Å². The molecule has 49 heavy (non-hydrogen) atoms. The molecule has 0 atom stereocenters. The first-order chi connectivity index (χ1) is 24.3. The molecule has 0 unspecified atom stereocenters. The molecule has 0 aliphatic heterocycles. The van der Waals surface area contributed by atoms with Crippen LogP contribution in [0, 0.1) is 0 Å². The first-order valence-electron chi connectivity index (χ1n) is 16.6. The minimum Gasteiger partial charge on any atom is -0.455 e. The van der Waals surface area contributed by atoms with Crippen LogP contribution in [-0.4, -0.2) is 0 Å². The Morgan fingerprint density at radius 3 is 1.78 bits per heavy atom. The molecule has 3 heteroatoms. The summed E-state index contributed by atoms with van der Waals surface area (Å²) >= 11 is 0. The molecule has 8 aromatic carbocycles. The van der Waals surface area contributed by atoms with Gasteiger partial charge in [-0.3, -0.25) is 0 Å². The van der Waals surface area contributed by atoms with E-state index in [1.54, 1.807) is 0 Å². The van der Waals surface area contributed by atoms with Gasteiger partial charge in [0, 0.05) is 38.9 Å². The van der Waals surface area contributed by atoms with Gasteiger partial charge in [-0.1, -0.05) is 127 Å². The highest BCUT2D eigenvalue weighted by atomic mass is 16.3. The molecule has 10 aromatic rings. The van der Waals surface area contributed by atoms with Crippen LogP contribution in [0.2, 0.25) is 0 Å². The van der Waals surface area contributed by atoms with E-state index in [0.29, 0.717) is 0 Å². The summed E-state index contributed by atoms with van der Waals surface area (Å²) in [5.74, 6) is 0. The molecule has 0 saturated heterocycles. The number of anilines is 3. The molecule has 2 aromatic heterocycles. The van der Waals surface area contributed by atoms with E-state index in [1.807, 2.05) is 18.2 Å². The molecule has 3 nitrogen and oxygen atoms in total. The van der Waals surface area contributed by atoms with Crippen molar-refractivity contribution in [2.24, 2.45) is 0 Å². The molecule has 0 aliphatic rings. The van der Waals surface area contributed by atoms with E-state index in [0.717, 1.165) is 72.1 Å². The number of nitrogens with zero attached hydrogens (tertiary/aromatic N) is 1. The summed E-state index contributed by atoms with van der Waals surface area (Å²) < 4.78 is 13.5. The number of hydrogen-bond acceptors (Lipinski definition) is 3. The zero-order valence-corrected chi connectivity index (χ0v) is 26.5. The van der Waals surface area contributed by atoms with E-state index in [4.69, 9.17) is 8.83 Å². The van der Waals surface area contributed by atoms with E-state index in [2.05, 4.69) is 163 Å². The lowest BCUT2D eigenvalue weighted by Crippen LogP contribution is -2.10. The molecule has 0 spiro atoms. The second-order valence-corrected chi connectivity index (χ2v) is 12.5. The van der Waals surface area contributed by atoms with Crippen LogP contribution < -0.4 is 4.90 Å². The summed E-state index contributed by atoms with van der Waals surface area (Å²) in [7, 11) is 0. The highest BCUT2D eigenvalue weighted by molar-refractivity contribution is 6.19. The van der Waals surface area contributed by atoms with Crippen molar-refractivity contribution >= 4 is 71.7 Å². The Morgan fingerprint density at radius 2 is 0.959 bits per heavy atom. The van der Waals surface area contributed by atoms with Crippen molar-refractivity contribution in [2.45, 2.75) is 0 Å². The third kappa shape index (κ3) is 4.44. The van der Waals surface area contributed by atoms with Crippen LogP contribution >= 0.6 is 0 Å². The third-order valence-corrected chi connectivity index (χ3v) is 9.65. The maximum atomic E-state index is 6.87. The second kappa shape index (κ2) is 11.0. The van der Waals surface area contributed by atoms with Crippen molar-refractivity contribution in [1.29, 1.82) is 0 Å². The lowest BCUT2D eigenvalue weighted by Gasteiger charge is -2.25. The standard InChI is InChI=1S/C46H29NO2/c1-3-12-30(13-4-1)31-22-24-34(25-23-31)47(41-20-11-19-39-37-18-9-10-21-42(37)48-45(39)41)35-26-27-38-40-28-33-16-7-8-17-36(33)44(32-14-5-2-6-15-32)46(40)49-43(38)29-35/h1-29H. The van der Waals surface area contributed by atoms with Gasteiger partial charge in [0.25, 0.3) is 0 Å². The van der Waals surface area contributed by atoms with E-state index in [-0.39, 0.29) is 0 Å². The Morgan fingerprint density at radius 1 is 0.347 bits per heavy atom. The summed E-state index contributed by atoms with van der Waals surface area (Å²) in [5.41, 5.74) is 11.0. The summed E-state index contributed by atoms with van der Waals surface area (Å²) in [6.07, 6.45) is 0. The lowest BCUT2D eigenvalue weighted by molar-refractivity contribution is 0.668. The molecule has 0 bridgehead atoms. The predicted octanol–water partition coefficient (Wildman–Crippen LogP) is 13.4. The highest BCUT2D eigenvalue weighted by Gasteiger charge is 2.22. The summed E-state index contributed by atoms with van der Waals surface area (Å²) in [6.45, 7) is 0. The average molecular weight is 628 g/mol. The van der Waals surface area contributed by atoms with Gasteiger partial charge in [0.2, 0.25) is 0 Å². The van der Waals surface area contributed by atoms with Gasteiger partial charge in [-0.25, -0.2) is 0 Å². The largest absolute Gasteiger partial charge is 0.455 e. The summed E-state index contributed by atoms with van der Waals surface area (Å²) in [4.78, 5) is 2.28. The number of hydrogen-bond donors (Lipinski definition) is 0. The van der Waals surface area contributed by atoms with Crippen LogP contribution in [0.5, 0.6) is 0 Å². The Hall–Kier alpha value is -6.58. The first-order valence-corrected chi connectivity index (χ1v) is 16.6. The molecule has 0 aliphatic carbocycles. The maximum absolute atomic E-state index is 6.87. The highest BCUT2D eigenvalue weighted by Crippen LogP contribution is 2.46. The van der Waals surface area contributed by atoms with Crippen molar-refractivity contribution in [3.05, 3.63) is 176 Å². The number of fused-ring (bicyclic) bond motifs is 7.